The van der Waals surface area contributed by atoms with Gasteiger partial charge in [-0.2, -0.15) is 18.4 Å². The maximum atomic E-state index is 12.6. The summed E-state index contributed by atoms with van der Waals surface area (Å²) in [7, 11) is 0. The Labute approximate surface area is 107 Å². The first kappa shape index (κ1) is 13.5. The highest BCUT2D eigenvalue weighted by atomic mass is 19.4. The van der Waals surface area contributed by atoms with Crippen molar-refractivity contribution in [3.63, 3.8) is 0 Å². The molecule has 2 aromatic rings. The van der Waals surface area contributed by atoms with Gasteiger partial charge in [0.25, 0.3) is 0 Å². The summed E-state index contributed by atoms with van der Waals surface area (Å²) in [5.74, 6) is 0.457. The molecule has 2 N–H and O–H groups in total. The van der Waals surface area contributed by atoms with Crippen LogP contribution in [0.5, 0.6) is 0 Å². The molecule has 0 bridgehead atoms. The average Bonchev–Trinajstić information content (AvgIpc) is 2.88. The number of aromatic amines is 1. The first-order chi connectivity index (χ1) is 8.97. The van der Waals surface area contributed by atoms with Gasteiger partial charge in [-0.05, 0) is 24.6 Å². The van der Waals surface area contributed by atoms with Crippen LogP contribution in [0.4, 0.5) is 13.2 Å². The van der Waals surface area contributed by atoms with E-state index in [1.165, 1.54) is 6.07 Å². The summed E-state index contributed by atoms with van der Waals surface area (Å²) in [5.41, 5.74) is -0.100. The molecule has 0 aliphatic heterocycles. The van der Waals surface area contributed by atoms with Crippen LogP contribution in [0.2, 0.25) is 0 Å². The molecule has 0 saturated carbocycles. The van der Waals surface area contributed by atoms with Gasteiger partial charge < -0.3 is 5.32 Å². The molecule has 19 heavy (non-hydrogen) atoms. The van der Waals surface area contributed by atoms with Crippen molar-refractivity contribution in [3.05, 3.63) is 41.2 Å². The number of rotatable bonds is 4. The second-order valence-electron chi connectivity index (χ2n) is 4.05. The summed E-state index contributed by atoms with van der Waals surface area (Å²) < 4.78 is 37.8. The lowest BCUT2D eigenvalue weighted by Crippen LogP contribution is -2.19. The van der Waals surface area contributed by atoms with E-state index in [2.05, 4.69) is 25.9 Å². The molecular weight excluding hydrogens is 259 g/mol. The lowest BCUT2D eigenvalue weighted by atomic mass is 10.0. The summed E-state index contributed by atoms with van der Waals surface area (Å²) in [6.07, 6.45) is -4.33. The molecule has 0 fully saturated rings. The molecule has 0 spiro atoms. The van der Waals surface area contributed by atoms with Gasteiger partial charge in [0.15, 0.2) is 5.82 Å². The van der Waals surface area contributed by atoms with Crippen LogP contribution in [0.3, 0.4) is 0 Å². The Morgan fingerprint density at radius 2 is 2.16 bits per heavy atom. The minimum atomic E-state index is -4.33. The van der Waals surface area contributed by atoms with Gasteiger partial charge in [-0.3, -0.25) is 0 Å². The van der Waals surface area contributed by atoms with Crippen LogP contribution >= 0.6 is 0 Å². The van der Waals surface area contributed by atoms with Crippen molar-refractivity contribution >= 4 is 0 Å². The van der Waals surface area contributed by atoms with Crippen LogP contribution in [0.15, 0.2) is 24.3 Å². The Morgan fingerprint density at radius 3 is 2.79 bits per heavy atom. The second kappa shape index (κ2) is 5.35. The van der Waals surface area contributed by atoms with Gasteiger partial charge >= 0.3 is 6.18 Å². The van der Waals surface area contributed by atoms with E-state index in [0.29, 0.717) is 17.9 Å². The van der Waals surface area contributed by atoms with Crippen molar-refractivity contribution in [2.45, 2.75) is 25.7 Å². The van der Waals surface area contributed by atoms with Crippen molar-refractivity contribution < 1.29 is 13.2 Å². The van der Waals surface area contributed by atoms with Crippen molar-refractivity contribution in [1.82, 2.24) is 25.9 Å². The molecule has 0 aliphatic carbocycles. The Kier molecular flexibility index (Phi) is 3.79. The Hall–Kier alpha value is -1.96. The smallest absolute Gasteiger partial charge is 0.303 e. The fourth-order valence-corrected chi connectivity index (χ4v) is 1.60. The van der Waals surface area contributed by atoms with Gasteiger partial charge in [-0.15, -0.1) is 10.2 Å². The molecule has 8 heteroatoms. The third-order valence-electron chi connectivity index (χ3n) is 2.67. The van der Waals surface area contributed by atoms with Crippen LogP contribution in [0, 0.1) is 0 Å². The molecule has 0 amide bonds. The maximum Gasteiger partial charge on any atom is 0.416 e. The predicted molar refractivity (Wildman–Crippen MR) is 60.9 cm³/mol. The largest absolute Gasteiger partial charge is 0.416 e. The highest BCUT2D eigenvalue weighted by Gasteiger charge is 2.30. The lowest BCUT2D eigenvalue weighted by Gasteiger charge is -2.15. The normalized spacial score (nSPS) is 13.5. The van der Waals surface area contributed by atoms with Gasteiger partial charge in [0.05, 0.1) is 12.1 Å². The van der Waals surface area contributed by atoms with Crippen LogP contribution in [0.25, 0.3) is 0 Å². The predicted octanol–water partition coefficient (Wildman–Crippen LogP) is 2.07. The zero-order valence-corrected chi connectivity index (χ0v) is 10.1. The zero-order valence-electron chi connectivity index (χ0n) is 10.1. The van der Waals surface area contributed by atoms with Gasteiger partial charge in [-0.1, -0.05) is 17.3 Å². The van der Waals surface area contributed by atoms with E-state index in [4.69, 9.17) is 0 Å². The lowest BCUT2D eigenvalue weighted by molar-refractivity contribution is -0.137. The fraction of sp³-hybridized carbons (Fsp3) is 0.364. The van der Waals surface area contributed by atoms with Crippen molar-refractivity contribution in [3.8, 4) is 0 Å². The number of halogens is 3. The summed E-state index contributed by atoms with van der Waals surface area (Å²) in [5, 5.41) is 16.2. The van der Waals surface area contributed by atoms with E-state index in [1.807, 2.05) is 0 Å². The standard InChI is InChI=1S/C11H12F3N5/c1-7(15-6-10-16-18-19-17-10)8-3-2-4-9(5-8)11(12,13)14/h2-5,7,15H,6H2,1H3,(H,16,17,18,19). The molecule has 102 valence electrons. The number of nitrogens with zero attached hydrogens (tertiary/aromatic N) is 3. The summed E-state index contributed by atoms with van der Waals surface area (Å²) in [4.78, 5) is 0. The highest BCUT2D eigenvalue weighted by Crippen LogP contribution is 2.30. The van der Waals surface area contributed by atoms with Gasteiger partial charge in [-0.25, -0.2) is 0 Å². The van der Waals surface area contributed by atoms with Crippen molar-refractivity contribution in [1.29, 1.82) is 0 Å². The van der Waals surface area contributed by atoms with E-state index < -0.39 is 11.7 Å². The SMILES string of the molecule is CC(NCc1nn[nH]n1)c1cccc(C(F)(F)F)c1. The Morgan fingerprint density at radius 1 is 1.37 bits per heavy atom. The Balaban J connectivity index is 2.04. The average molecular weight is 271 g/mol. The number of hydrogen-bond acceptors (Lipinski definition) is 4. The molecule has 1 heterocycles. The molecule has 1 atom stereocenters. The van der Waals surface area contributed by atoms with Crippen LogP contribution in [-0.2, 0) is 12.7 Å². The highest BCUT2D eigenvalue weighted by molar-refractivity contribution is 5.27. The number of aromatic nitrogens is 4. The summed E-state index contributed by atoms with van der Waals surface area (Å²) >= 11 is 0. The number of alkyl halides is 3. The molecular formula is C11H12F3N5. The summed E-state index contributed by atoms with van der Waals surface area (Å²) in [6, 6.07) is 4.97. The quantitative estimate of drug-likeness (QED) is 0.893. The number of H-pyrrole nitrogens is 1. The Bertz CT molecular complexity index is 523. The molecule has 5 nitrogen and oxygen atoms in total. The monoisotopic (exact) mass is 271 g/mol. The van der Waals surface area contributed by atoms with Crippen LogP contribution in [-0.4, -0.2) is 20.6 Å². The molecule has 0 radical (unpaired) electrons. The molecule has 1 aromatic carbocycles. The third kappa shape index (κ3) is 3.50. The first-order valence-electron chi connectivity index (χ1n) is 5.59. The van der Waals surface area contributed by atoms with Crippen molar-refractivity contribution in [2.75, 3.05) is 0 Å². The molecule has 0 saturated heterocycles. The van der Waals surface area contributed by atoms with Gasteiger partial charge in [0.1, 0.15) is 0 Å². The third-order valence-corrected chi connectivity index (χ3v) is 2.67. The number of hydrogen-bond donors (Lipinski definition) is 2. The van der Waals surface area contributed by atoms with Gasteiger partial charge in [0, 0.05) is 6.04 Å². The molecule has 2 rings (SSSR count). The van der Waals surface area contributed by atoms with E-state index >= 15 is 0 Å². The van der Waals surface area contributed by atoms with Crippen molar-refractivity contribution in [2.24, 2.45) is 0 Å². The van der Waals surface area contributed by atoms with Crippen LogP contribution in [0.1, 0.15) is 29.9 Å². The van der Waals surface area contributed by atoms with Crippen LogP contribution < -0.4 is 5.32 Å². The fourth-order valence-electron chi connectivity index (χ4n) is 1.60. The number of tetrazole rings is 1. The zero-order chi connectivity index (χ0) is 13.9. The minimum Gasteiger partial charge on any atom is -0.303 e. The van der Waals surface area contributed by atoms with Gasteiger partial charge in [0.2, 0.25) is 0 Å². The van der Waals surface area contributed by atoms with E-state index in [1.54, 1.807) is 13.0 Å². The topological polar surface area (TPSA) is 66.5 Å². The minimum absolute atomic E-state index is 0.249. The second-order valence-corrected chi connectivity index (χ2v) is 4.05. The van der Waals surface area contributed by atoms with E-state index in [0.717, 1.165) is 12.1 Å². The number of nitrogens with one attached hydrogen (secondary N) is 2. The maximum absolute atomic E-state index is 12.6. The number of benzene rings is 1. The van der Waals surface area contributed by atoms with E-state index in [9.17, 15) is 13.2 Å². The first-order valence-corrected chi connectivity index (χ1v) is 5.59. The summed E-state index contributed by atoms with van der Waals surface area (Å²) in [6.45, 7) is 2.10. The van der Waals surface area contributed by atoms with E-state index in [-0.39, 0.29) is 6.04 Å². The molecule has 1 unspecified atom stereocenters. The molecule has 1 aromatic heterocycles. The molecule has 0 aliphatic rings.